The fourth-order valence-corrected chi connectivity index (χ4v) is 4.65. The minimum atomic E-state index is -3.63. The van der Waals surface area contributed by atoms with E-state index in [4.69, 9.17) is 4.74 Å². The van der Waals surface area contributed by atoms with Gasteiger partial charge in [-0.25, -0.2) is 13.1 Å². The molecule has 0 aliphatic carbocycles. The highest BCUT2D eigenvalue weighted by Gasteiger charge is 2.15. The first kappa shape index (κ1) is 23.0. The van der Waals surface area contributed by atoms with Gasteiger partial charge in [0.25, 0.3) is 5.91 Å². The van der Waals surface area contributed by atoms with Crippen molar-refractivity contribution < 1.29 is 17.9 Å². The molecule has 0 bridgehead atoms. The summed E-state index contributed by atoms with van der Waals surface area (Å²) in [6.07, 6.45) is 1.56. The third kappa shape index (κ3) is 6.40. The van der Waals surface area contributed by atoms with Crippen LogP contribution in [0.1, 0.15) is 34.1 Å². The van der Waals surface area contributed by atoms with Crippen molar-refractivity contribution in [1.82, 2.24) is 4.72 Å². The molecule has 0 aliphatic rings. The number of sulfonamides is 1. The van der Waals surface area contributed by atoms with Gasteiger partial charge in [-0.05, 0) is 79.2 Å². The van der Waals surface area contributed by atoms with Crippen molar-refractivity contribution in [2.45, 2.75) is 31.6 Å². The molecule has 31 heavy (non-hydrogen) atoms. The van der Waals surface area contributed by atoms with Crippen molar-refractivity contribution in [2.75, 3.05) is 18.5 Å². The highest BCUT2D eigenvalue weighted by atomic mass is 32.2. The van der Waals surface area contributed by atoms with E-state index < -0.39 is 10.0 Å². The molecule has 1 aromatic heterocycles. The van der Waals surface area contributed by atoms with Crippen LogP contribution in [0.5, 0.6) is 5.75 Å². The van der Waals surface area contributed by atoms with Gasteiger partial charge in [-0.3, -0.25) is 4.79 Å². The van der Waals surface area contributed by atoms with Gasteiger partial charge in [0, 0.05) is 22.7 Å². The molecule has 1 heterocycles. The van der Waals surface area contributed by atoms with Crippen molar-refractivity contribution in [3.05, 3.63) is 76.0 Å². The fraction of sp³-hybridized carbons (Fsp3) is 0.261. The lowest BCUT2D eigenvalue weighted by molar-refractivity contribution is 0.102. The van der Waals surface area contributed by atoms with Gasteiger partial charge in [-0.15, -0.1) is 11.3 Å². The van der Waals surface area contributed by atoms with Crippen LogP contribution in [0.4, 0.5) is 5.69 Å². The molecule has 164 valence electrons. The van der Waals surface area contributed by atoms with E-state index in [0.29, 0.717) is 30.8 Å². The summed E-state index contributed by atoms with van der Waals surface area (Å²) in [7, 11) is -3.63. The molecule has 0 atom stereocenters. The highest BCUT2D eigenvalue weighted by molar-refractivity contribution is 7.89. The monoisotopic (exact) mass is 458 g/mol. The van der Waals surface area contributed by atoms with E-state index in [2.05, 4.69) is 10.0 Å². The normalized spacial score (nSPS) is 11.3. The first-order valence-electron chi connectivity index (χ1n) is 10.1. The standard InChI is InChI=1S/C23H26N2O4S2/c1-3-14-29-19-8-11-22(17(2)16-19)25-23(26)18-6-9-21(10-7-18)31(27,28)24-13-12-20-5-4-15-30-20/h4-11,15-16,24H,3,12-14H2,1-2H3,(H,25,26). The number of hydrogen-bond donors (Lipinski definition) is 2. The molecule has 2 N–H and O–H groups in total. The molecule has 0 spiro atoms. The van der Waals surface area contributed by atoms with Gasteiger partial charge in [-0.1, -0.05) is 13.0 Å². The summed E-state index contributed by atoms with van der Waals surface area (Å²) >= 11 is 1.59. The smallest absolute Gasteiger partial charge is 0.255 e. The van der Waals surface area contributed by atoms with Crippen LogP contribution in [-0.4, -0.2) is 27.5 Å². The molecule has 0 radical (unpaired) electrons. The maximum atomic E-state index is 12.6. The van der Waals surface area contributed by atoms with E-state index >= 15 is 0 Å². The van der Waals surface area contributed by atoms with Crippen molar-refractivity contribution in [3.8, 4) is 5.75 Å². The minimum Gasteiger partial charge on any atom is -0.494 e. The SMILES string of the molecule is CCCOc1ccc(NC(=O)c2ccc(S(=O)(=O)NCCc3cccs3)cc2)c(C)c1. The lowest BCUT2D eigenvalue weighted by atomic mass is 10.1. The molecule has 0 saturated carbocycles. The molecular weight excluding hydrogens is 432 g/mol. The number of carbonyl (C=O) groups is 1. The second-order valence-electron chi connectivity index (χ2n) is 7.03. The Morgan fingerprint density at radius 2 is 1.87 bits per heavy atom. The first-order valence-corrected chi connectivity index (χ1v) is 12.4. The Hall–Kier alpha value is -2.68. The number of carbonyl (C=O) groups excluding carboxylic acids is 1. The molecule has 0 unspecified atom stereocenters. The number of rotatable bonds is 10. The summed E-state index contributed by atoms with van der Waals surface area (Å²) in [4.78, 5) is 13.8. The number of anilines is 1. The topological polar surface area (TPSA) is 84.5 Å². The Balaban J connectivity index is 1.60. The third-order valence-electron chi connectivity index (χ3n) is 4.59. The van der Waals surface area contributed by atoms with E-state index in [1.54, 1.807) is 17.4 Å². The van der Waals surface area contributed by atoms with Crippen LogP contribution >= 0.6 is 11.3 Å². The van der Waals surface area contributed by atoms with Gasteiger partial charge in [0.05, 0.1) is 11.5 Å². The van der Waals surface area contributed by atoms with Crippen LogP contribution in [0.3, 0.4) is 0 Å². The second-order valence-corrected chi connectivity index (χ2v) is 9.83. The van der Waals surface area contributed by atoms with Gasteiger partial charge in [0.1, 0.15) is 5.75 Å². The highest BCUT2D eigenvalue weighted by Crippen LogP contribution is 2.22. The molecule has 1 amide bonds. The van der Waals surface area contributed by atoms with Gasteiger partial charge in [0.2, 0.25) is 10.0 Å². The van der Waals surface area contributed by atoms with Gasteiger partial charge in [0.15, 0.2) is 0 Å². The number of aryl methyl sites for hydroxylation is 1. The molecule has 0 fully saturated rings. The van der Waals surface area contributed by atoms with Gasteiger partial charge >= 0.3 is 0 Å². The number of amides is 1. The zero-order chi connectivity index (χ0) is 22.3. The average molecular weight is 459 g/mol. The molecule has 3 aromatic rings. The molecule has 6 nitrogen and oxygen atoms in total. The zero-order valence-electron chi connectivity index (χ0n) is 17.6. The third-order valence-corrected chi connectivity index (χ3v) is 7.00. The van der Waals surface area contributed by atoms with Crippen molar-refractivity contribution >= 4 is 33.0 Å². The summed E-state index contributed by atoms with van der Waals surface area (Å²) in [6, 6.07) is 15.3. The molecule has 0 saturated heterocycles. The van der Waals surface area contributed by atoms with Crippen LogP contribution in [0, 0.1) is 6.92 Å². The minimum absolute atomic E-state index is 0.129. The van der Waals surface area contributed by atoms with Crippen molar-refractivity contribution in [1.29, 1.82) is 0 Å². The lowest BCUT2D eigenvalue weighted by Gasteiger charge is -2.11. The molecular formula is C23H26N2O4S2. The Labute approximate surface area is 187 Å². The Bertz CT molecular complexity index is 1110. The second kappa shape index (κ2) is 10.6. The summed E-state index contributed by atoms with van der Waals surface area (Å²) in [6.45, 7) is 4.90. The molecule has 3 rings (SSSR count). The van der Waals surface area contributed by atoms with E-state index in [9.17, 15) is 13.2 Å². The van der Waals surface area contributed by atoms with Crippen molar-refractivity contribution in [3.63, 3.8) is 0 Å². The quantitative estimate of drug-likeness (QED) is 0.464. The summed E-state index contributed by atoms with van der Waals surface area (Å²) in [5, 5.41) is 4.82. The van der Waals surface area contributed by atoms with Crippen LogP contribution in [0.15, 0.2) is 64.9 Å². The largest absolute Gasteiger partial charge is 0.494 e. The number of ether oxygens (including phenoxy) is 1. The Morgan fingerprint density at radius 3 is 2.52 bits per heavy atom. The molecule has 8 heteroatoms. The first-order chi connectivity index (χ1) is 14.9. The summed E-state index contributed by atoms with van der Waals surface area (Å²) in [5.41, 5.74) is 1.94. The number of nitrogens with one attached hydrogen (secondary N) is 2. The van der Waals surface area contributed by atoms with Crippen LogP contribution < -0.4 is 14.8 Å². The van der Waals surface area contributed by atoms with Crippen LogP contribution in [-0.2, 0) is 16.4 Å². The van der Waals surface area contributed by atoms with Gasteiger partial charge in [-0.2, -0.15) is 0 Å². The lowest BCUT2D eigenvalue weighted by Crippen LogP contribution is -2.26. The fourth-order valence-electron chi connectivity index (χ4n) is 2.91. The van der Waals surface area contributed by atoms with E-state index in [1.165, 1.54) is 24.3 Å². The number of thiophene rings is 1. The number of benzene rings is 2. The number of hydrogen-bond acceptors (Lipinski definition) is 5. The molecule has 2 aromatic carbocycles. The Morgan fingerprint density at radius 1 is 1.10 bits per heavy atom. The van der Waals surface area contributed by atoms with E-state index in [1.807, 2.05) is 43.5 Å². The van der Waals surface area contributed by atoms with Crippen LogP contribution in [0.2, 0.25) is 0 Å². The summed E-state index contributed by atoms with van der Waals surface area (Å²) in [5.74, 6) is 0.457. The zero-order valence-corrected chi connectivity index (χ0v) is 19.2. The summed E-state index contributed by atoms with van der Waals surface area (Å²) < 4.78 is 33.1. The molecule has 0 aliphatic heterocycles. The maximum absolute atomic E-state index is 12.6. The van der Waals surface area contributed by atoms with Crippen molar-refractivity contribution in [2.24, 2.45) is 0 Å². The van der Waals surface area contributed by atoms with Crippen LogP contribution in [0.25, 0.3) is 0 Å². The van der Waals surface area contributed by atoms with E-state index in [-0.39, 0.29) is 10.8 Å². The van der Waals surface area contributed by atoms with Gasteiger partial charge < -0.3 is 10.1 Å². The Kier molecular flexibility index (Phi) is 7.84. The predicted molar refractivity (Wildman–Crippen MR) is 125 cm³/mol. The average Bonchev–Trinajstić information content (AvgIpc) is 3.27. The predicted octanol–water partition coefficient (Wildman–Crippen LogP) is 4.62. The maximum Gasteiger partial charge on any atom is 0.255 e. The van der Waals surface area contributed by atoms with E-state index in [0.717, 1.165) is 22.6 Å².